The average Bonchev–Trinajstić information content (AvgIpc) is 2.04. The summed E-state index contributed by atoms with van der Waals surface area (Å²) in [5.41, 5.74) is 1.17. The highest BCUT2D eigenvalue weighted by Gasteiger charge is 1.92. The lowest BCUT2D eigenvalue weighted by molar-refractivity contribution is 0.335. The molecule has 0 aromatic carbocycles. The first-order valence-electron chi connectivity index (χ1n) is 4.56. The molecular weight excluding hydrogens is 148 g/mol. The molecule has 0 heterocycles. The van der Waals surface area contributed by atoms with Crippen molar-refractivity contribution >= 4 is 0 Å². The first-order chi connectivity index (χ1) is 5.70. The Hall–Kier alpha value is -0.720. The third-order valence-electron chi connectivity index (χ3n) is 1.92. The molecule has 0 rings (SSSR count). The van der Waals surface area contributed by atoms with E-state index in [4.69, 9.17) is 4.74 Å². The maximum atomic E-state index is 4.87. The monoisotopic (exact) mass is 168 g/mol. The molecular formula is C11H20O. The van der Waals surface area contributed by atoms with E-state index in [-0.39, 0.29) is 0 Å². The first kappa shape index (κ1) is 11.3. The minimum atomic E-state index is 0.789. The van der Waals surface area contributed by atoms with Gasteiger partial charge in [-0.15, -0.1) is 0 Å². The van der Waals surface area contributed by atoms with Crippen molar-refractivity contribution in [3.8, 4) is 0 Å². The summed E-state index contributed by atoms with van der Waals surface area (Å²) >= 11 is 0. The van der Waals surface area contributed by atoms with Crippen LogP contribution in [0.15, 0.2) is 24.0 Å². The van der Waals surface area contributed by atoms with E-state index in [0.29, 0.717) is 0 Å². The van der Waals surface area contributed by atoms with Crippen LogP contribution in [0.5, 0.6) is 0 Å². The van der Waals surface area contributed by atoms with E-state index in [1.165, 1.54) is 12.0 Å². The van der Waals surface area contributed by atoms with Crippen LogP contribution in [0, 0.1) is 5.92 Å². The molecule has 0 saturated carbocycles. The third-order valence-corrected chi connectivity index (χ3v) is 1.92. The van der Waals surface area contributed by atoms with Gasteiger partial charge in [-0.2, -0.15) is 0 Å². The van der Waals surface area contributed by atoms with Gasteiger partial charge in [-0.05, 0) is 24.8 Å². The minimum Gasteiger partial charge on any atom is -0.504 e. The van der Waals surface area contributed by atoms with Gasteiger partial charge < -0.3 is 4.74 Å². The fourth-order valence-corrected chi connectivity index (χ4v) is 0.878. The molecule has 0 fully saturated rings. The van der Waals surface area contributed by atoms with Crippen molar-refractivity contribution in [3.05, 3.63) is 24.0 Å². The van der Waals surface area contributed by atoms with E-state index in [1.54, 1.807) is 13.4 Å². The topological polar surface area (TPSA) is 9.23 Å². The largest absolute Gasteiger partial charge is 0.504 e. The Labute approximate surface area is 76.1 Å². The molecule has 0 spiro atoms. The van der Waals surface area contributed by atoms with Crippen LogP contribution in [0.2, 0.25) is 0 Å². The molecule has 0 aromatic heterocycles. The molecule has 0 bridgehead atoms. The fraction of sp³-hybridized carbons (Fsp3) is 0.636. The van der Waals surface area contributed by atoms with Crippen LogP contribution in [-0.4, -0.2) is 7.11 Å². The summed E-state index contributed by atoms with van der Waals surface area (Å²) in [6.07, 6.45) is 8.48. The van der Waals surface area contributed by atoms with Gasteiger partial charge in [0.1, 0.15) is 0 Å². The summed E-state index contributed by atoms with van der Waals surface area (Å²) in [4.78, 5) is 0. The summed E-state index contributed by atoms with van der Waals surface area (Å²) < 4.78 is 4.87. The first-order valence-corrected chi connectivity index (χ1v) is 4.56. The van der Waals surface area contributed by atoms with E-state index in [9.17, 15) is 0 Å². The van der Waals surface area contributed by atoms with Crippen molar-refractivity contribution in [1.29, 1.82) is 0 Å². The summed E-state index contributed by atoms with van der Waals surface area (Å²) in [5, 5.41) is 0. The highest BCUT2D eigenvalue weighted by atomic mass is 16.5. The highest BCUT2D eigenvalue weighted by Crippen LogP contribution is 2.07. The lowest BCUT2D eigenvalue weighted by Gasteiger charge is -2.02. The summed E-state index contributed by atoms with van der Waals surface area (Å²) in [7, 11) is 1.67. The molecule has 1 unspecified atom stereocenters. The zero-order valence-electron chi connectivity index (χ0n) is 8.63. The van der Waals surface area contributed by atoms with Gasteiger partial charge in [0.2, 0.25) is 0 Å². The third kappa shape index (κ3) is 6.02. The van der Waals surface area contributed by atoms with Crippen molar-refractivity contribution < 1.29 is 4.74 Å². The number of allylic oxidation sites excluding steroid dienone is 3. The number of rotatable bonds is 5. The molecule has 0 amide bonds. The lowest BCUT2D eigenvalue weighted by atomic mass is 10.0. The molecule has 1 heteroatoms. The zero-order valence-corrected chi connectivity index (χ0v) is 8.63. The lowest BCUT2D eigenvalue weighted by Crippen LogP contribution is -1.87. The standard InChI is InChI=1S/C11H20O/c1-5-10(2)7-6-8-11(3)9-12-4/h6,8-10H,5,7H2,1-4H3. The van der Waals surface area contributed by atoms with Gasteiger partial charge in [0.25, 0.3) is 0 Å². The van der Waals surface area contributed by atoms with Crippen LogP contribution in [0.1, 0.15) is 33.6 Å². The van der Waals surface area contributed by atoms with Gasteiger partial charge in [-0.25, -0.2) is 0 Å². The molecule has 0 saturated heterocycles. The number of ether oxygens (including phenoxy) is 1. The van der Waals surface area contributed by atoms with E-state index >= 15 is 0 Å². The smallest absolute Gasteiger partial charge is 0.0853 e. The Morgan fingerprint density at radius 3 is 2.67 bits per heavy atom. The van der Waals surface area contributed by atoms with Gasteiger partial charge in [-0.1, -0.05) is 32.4 Å². The minimum absolute atomic E-state index is 0.789. The normalized spacial score (nSPS) is 15.2. The number of methoxy groups -OCH3 is 1. The Morgan fingerprint density at radius 2 is 2.17 bits per heavy atom. The van der Waals surface area contributed by atoms with E-state index in [0.717, 1.165) is 12.3 Å². The van der Waals surface area contributed by atoms with Gasteiger partial charge in [-0.3, -0.25) is 0 Å². The molecule has 0 aliphatic carbocycles. The van der Waals surface area contributed by atoms with Crippen LogP contribution in [-0.2, 0) is 4.74 Å². The second-order valence-electron chi connectivity index (χ2n) is 3.25. The maximum absolute atomic E-state index is 4.87. The highest BCUT2D eigenvalue weighted by molar-refractivity contribution is 5.13. The van der Waals surface area contributed by atoms with Crippen LogP contribution < -0.4 is 0 Å². The number of hydrogen-bond acceptors (Lipinski definition) is 1. The molecule has 1 atom stereocenters. The quantitative estimate of drug-likeness (QED) is 0.451. The second kappa shape index (κ2) is 6.96. The maximum Gasteiger partial charge on any atom is 0.0853 e. The Bertz CT molecular complexity index is 156. The molecule has 12 heavy (non-hydrogen) atoms. The average molecular weight is 168 g/mol. The van der Waals surface area contributed by atoms with Gasteiger partial charge in [0.15, 0.2) is 0 Å². The van der Waals surface area contributed by atoms with E-state index in [1.807, 2.05) is 6.92 Å². The Balaban J connectivity index is 3.68. The fourth-order valence-electron chi connectivity index (χ4n) is 0.878. The summed E-state index contributed by atoms with van der Waals surface area (Å²) in [6.45, 7) is 6.52. The van der Waals surface area contributed by atoms with Crippen molar-refractivity contribution in [1.82, 2.24) is 0 Å². The van der Waals surface area contributed by atoms with Gasteiger partial charge >= 0.3 is 0 Å². The SMILES string of the molecule is CCC(C)CC=CC(C)=COC. The Kier molecular flexibility index (Phi) is 6.54. The van der Waals surface area contributed by atoms with Crippen LogP contribution in [0.25, 0.3) is 0 Å². The van der Waals surface area contributed by atoms with Gasteiger partial charge in [0, 0.05) is 0 Å². The predicted octanol–water partition coefficient (Wildman–Crippen LogP) is 3.53. The second-order valence-corrected chi connectivity index (χ2v) is 3.25. The van der Waals surface area contributed by atoms with Crippen LogP contribution >= 0.6 is 0 Å². The summed E-state index contributed by atoms with van der Waals surface area (Å²) in [5.74, 6) is 0.789. The molecule has 0 N–H and O–H groups in total. The number of hydrogen-bond donors (Lipinski definition) is 0. The summed E-state index contributed by atoms with van der Waals surface area (Å²) in [6, 6.07) is 0. The van der Waals surface area contributed by atoms with Crippen molar-refractivity contribution in [2.24, 2.45) is 5.92 Å². The molecule has 0 aliphatic heterocycles. The zero-order chi connectivity index (χ0) is 9.40. The van der Waals surface area contributed by atoms with Crippen molar-refractivity contribution in [3.63, 3.8) is 0 Å². The molecule has 0 radical (unpaired) electrons. The van der Waals surface area contributed by atoms with E-state index < -0.39 is 0 Å². The molecule has 1 nitrogen and oxygen atoms in total. The van der Waals surface area contributed by atoms with Crippen molar-refractivity contribution in [2.45, 2.75) is 33.6 Å². The molecule has 0 aliphatic rings. The molecule has 70 valence electrons. The molecule has 0 aromatic rings. The van der Waals surface area contributed by atoms with Crippen LogP contribution in [0.4, 0.5) is 0 Å². The predicted molar refractivity (Wildman–Crippen MR) is 54.0 cm³/mol. The van der Waals surface area contributed by atoms with Gasteiger partial charge in [0.05, 0.1) is 13.4 Å². The van der Waals surface area contributed by atoms with Crippen molar-refractivity contribution in [2.75, 3.05) is 7.11 Å². The van der Waals surface area contributed by atoms with Crippen LogP contribution in [0.3, 0.4) is 0 Å². The Morgan fingerprint density at radius 1 is 1.50 bits per heavy atom. The van der Waals surface area contributed by atoms with E-state index in [2.05, 4.69) is 26.0 Å².